The smallest absolute Gasteiger partial charge is 0.326 e. The maximum absolute atomic E-state index is 12.2. The Kier molecular flexibility index (Phi) is 17.5. The second-order valence-corrected chi connectivity index (χ2v) is 8.92. The molecule has 0 aromatic heterocycles. The number of carbonyl (C=O) groups excluding carboxylic acids is 2. The summed E-state index contributed by atoms with van der Waals surface area (Å²) in [4.78, 5) is 23.9. The molecule has 0 radical (unpaired) electrons. The van der Waals surface area contributed by atoms with Crippen LogP contribution in [0.2, 0.25) is 0 Å². The molecule has 2 atom stereocenters. The Morgan fingerprint density at radius 2 is 1.50 bits per heavy atom. The maximum atomic E-state index is 12.2. The lowest BCUT2D eigenvalue weighted by molar-refractivity contribution is -0.159. The van der Waals surface area contributed by atoms with Gasteiger partial charge in [0, 0.05) is 5.92 Å². The number of carbonyl (C=O) groups is 2. The number of hydrogen-bond donors (Lipinski definition) is 1. The Hall–Kier alpha value is -1.42. The average Bonchev–Trinajstić information content (AvgIpc) is 2.71. The van der Waals surface area contributed by atoms with E-state index in [0.717, 1.165) is 64.1 Å². The molecule has 0 spiro atoms. The van der Waals surface area contributed by atoms with E-state index in [1.807, 2.05) is 0 Å². The lowest BCUT2D eigenvalue weighted by Crippen LogP contribution is -2.45. The summed E-state index contributed by atoms with van der Waals surface area (Å²) in [6, 6.07) is 0. The maximum Gasteiger partial charge on any atom is 0.326 e. The molecule has 0 bridgehead atoms. The Morgan fingerprint density at radius 3 is 2.07 bits per heavy atom. The van der Waals surface area contributed by atoms with E-state index in [1.165, 1.54) is 25.7 Å². The molecule has 30 heavy (non-hydrogen) atoms. The summed E-state index contributed by atoms with van der Waals surface area (Å²) in [6.07, 6.45) is 23.3. The van der Waals surface area contributed by atoms with Crippen molar-refractivity contribution < 1.29 is 14.3 Å². The van der Waals surface area contributed by atoms with Crippen LogP contribution in [0.5, 0.6) is 0 Å². The van der Waals surface area contributed by atoms with E-state index in [9.17, 15) is 9.59 Å². The van der Waals surface area contributed by atoms with Gasteiger partial charge in [-0.2, -0.15) is 0 Å². The highest BCUT2D eigenvalue weighted by atomic mass is 16.5. The summed E-state index contributed by atoms with van der Waals surface area (Å²) < 4.78 is 5.50. The summed E-state index contributed by atoms with van der Waals surface area (Å²) in [6.45, 7) is 7.58. The van der Waals surface area contributed by atoms with E-state index >= 15 is 0 Å². The standard InChI is InChI=1S/C26H47NO3/c1-5-7-9-11-12-13-14-15-17-19-21-23(20-18-16-10-8-6-2)24(22-28)30-25(29)26(3,4)27/h7,9,12-13,22-24H,5-6,8,10-11,14-21,27H2,1-4H3/b9-7+,13-12+. The average molecular weight is 422 g/mol. The van der Waals surface area contributed by atoms with E-state index < -0.39 is 17.6 Å². The quantitative estimate of drug-likeness (QED) is 0.109. The molecule has 0 aliphatic heterocycles. The second-order valence-electron chi connectivity index (χ2n) is 8.92. The van der Waals surface area contributed by atoms with Crippen LogP contribution >= 0.6 is 0 Å². The SMILES string of the molecule is CC/C=C/C/C=C/CCCCCC(CCCCCCC)C(C=O)OC(=O)C(C)(C)N. The van der Waals surface area contributed by atoms with Crippen molar-refractivity contribution in [2.75, 3.05) is 0 Å². The Bertz CT molecular complexity index is 491. The fourth-order valence-electron chi connectivity index (χ4n) is 3.39. The molecule has 0 aliphatic carbocycles. The van der Waals surface area contributed by atoms with Crippen LogP contribution in [0.3, 0.4) is 0 Å². The molecule has 0 aromatic rings. The molecule has 0 aromatic carbocycles. The van der Waals surface area contributed by atoms with E-state index in [4.69, 9.17) is 10.5 Å². The van der Waals surface area contributed by atoms with Gasteiger partial charge in [0.15, 0.2) is 12.4 Å². The first-order valence-corrected chi connectivity index (χ1v) is 12.1. The van der Waals surface area contributed by atoms with Crippen LogP contribution in [-0.4, -0.2) is 23.9 Å². The molecule has 2 N–H and O–H groups in total. The van der Waals surface area contributed by atoms with Crippen LogP contribution in [0.15, 0.2) is 24.3 Å². The lowest BCUT2D eigenvalue weighted by Gasteiger charge is -2.26. The van der Waals surface area contributed by atoms with E-state index in [1.54, 1.807) is 13.8 Å². The number of unbranched alkanes of at least 4 members (excludes halogenated alkanes) is 7. The molecule has 0 heterocycles. The van der Waals surface area contributed by atoms with Crippen molar-refractivity contribution in [3.05, 3.63) is 24.3 Å². The Balaban J connectivity index is 4.48. The predicted octanol–water partition coefficient (Wildman–Crippen LogP) is 6.67. The van der Waals surface area contributed by atoms with Crippen molar-refractivity contribution in [2.24, 2.45) is 11.7 Å². The van der Waals surface area contributed by atoms with Gasteiger partial charge in [-0.1, -0.05) is 83.1 Å². The minimum atomic E-state index is -1.08. The molecule has 0 rings (SSSR count). The lowest BCUT2D eigenvalue weighted by atomic mass is 9.90. The normalized spacial score (nSPS) is 14.3. The molecule has 4 nitrogen and oxygen atoms in total. The van der Waals surface area contributed by atoms with Gasteiger partial charge in [0.25, 0.3) is 0 Å². The molecular weight excluding hydrogens is 374 g/mol. The molecule has 2 unspecified atom stereocenters. The highest BCUT2D eigenvalue weighted by molar-refractivity contribution is 5.81. The number of ether oxygens (including phenoxy) is 1. The largest absolute Gasteiger partial charge is 0.453 e. The van der Waals surface area contributed by atoms with Crippen LogP contribution in [-0.2, 0) is 14.3 Å². The van der Waals surface area contributed by atoms with Gasteiger partial charge in [0.2, 0.25) is 0 Å². The second kappa shape index (κ2) is 18.4. The van der Waals surface area contributed by atoms with E-state index in [0.29, 0.717) is 0 Å². The first-order valence-electron chi connectivity index (χ1n) is 12.1. The summed E-state index contributed by atoms with van der Waals surface area (Å²) >= 11 is 0. The first-order chi connectivity index (χ1) is 14.4. The fraction of sp³-hybridized carbons (Fsp3) is 0.769. The van der Waals surface area contributed by atoms with Crippen molar-refractivity contribution >= 4 is 12.3 Å². The van der Waals surface area contributed by atoms with Gasteiger partial charge >= 0.3 is 5.97 Å². The van der Waals surface area contributed by atoms with Gasteiger partial charge in [0.1, 0.15) is 5.54 Å². The fourth-order valence-corrected chi connectivity index (χ4v) is 3.39. The molecule has 174 valence electrons. The van der Waals surface area contributed by atoms with Crippen molar-refractivity contribution in [2.45, 2.75) is 123 Å². The third kappa shape index (κ3) is 15.4. The third-order valence-electron chi connectivity index (χ3n) is 5.33. The van der Waals surface area contributed by atoms with E-state index in [-0.39, 0.29) is 5.92 Å². The third-order valence-corrected chi connectivity index (χ3v) is 5.33. The van der Waals surface area contributed by atoms with Crippen LogP contribution in [0, 0.1) is 5.92 Å². The van der Waals surface area contributed by atoms with E-state index in [2.05, 4.69) is 38.2 Å². The van der Waals surface area contributed by atoms with Crippen LogP contribution < -0.4 is 5.73 Å². The summed E-state index contributed by atoms with van der Waals surface area (Å²) in [7, 11) is 0. The van der Waals surface area contributed by atoms with Gasteiger partial charge in [-0.05, 0) is 52.4 Å². The van der Waals surface area contributed by atoms with Gasteiger partial charge in [-0.25, -0.2) is 0 Å². The monoisotopic (exact) mass is 421 g/mol. The van der Waals surface area contributed by atoms with Crippen molar-refractivity contribution in [3.8, 4) is 0 Å². The van der Waals surface area contributed by atoms with Crippen LogP contribution in [0.4, 0.5) is 0 Å². The van der Waals surface area contributed by atoms with Crippen LogP contribution in [0.25, 0.3) is 0 Å². The number of rotatable bonds is 19. The van der Waals surface area contributed by atoms with Gasteiger partial charge < -0.3 is 10.5 Å². The molecule has 0 fully saturated rings. The molecular formula is C26H47NO3. The van der Waals surface area contributed by atoms with Crippen molar-refractivity contribution in [3.63, 3.8) is 0 Å². The van der Waals surface area contributed by atoms with Crippen molar-refractivity contribution in [1.82, 2.24) is 0 Å². The number of hydrogen-bond acceptors (Lipinski definition) is 4. The molecule has 0 aliphatic rings. The van der Waals surface area contributed by atoms with Gasteiger partial charge in [-0.3, -0.25) is 9.59 Å². The summed E-state index contributed by atoms with van der Waals surface area (Å²) in [5, 5.41) is 0. The summed E-state index contributed by atoms with van der Waals surface area (Å²) in [5.74, 6) is -0.414. The number of nitrogens with two attached hydrogens (primary N) is 1. The predicted molar refractivity (Wildman–Crippen MR) is 127 cm³/mol. The van der Waals surface area contributed by atoms with Crippen molar-refractivity contribution in [1.29, 1.82) is 0 Å². The zero-order chi connectivity index (χ0) is 22.7. The first kappa shape index (κ1) is 28.6. The minimum Gasteiger partial charge on any atom is -0.453 e. The Morgan fingerprint density at radius 1 is 0.900 bits per heavy atom. The van der Waals surface area contributed by atoms with Gasteiger partial charge in [-0.15, -0.1) is 0 Å². The number of allylic oxidation sites excluding steroid dienone is 4. The van der Waals surface area contributed by atoms with Gasteiger partial charge in [0.05, 0.1) is 0 Å². The summed E-state index contributed by atoms with van der Waals surface area (Å²) in [5.41, 5.74) is 4.76. The number of aldehydes is 1. The minimum absolute atomic E-state index is 0.0881. The zero-order valence-electron chi connectivity index (χ0n) is 20.0. The zero-order valence-corrected chi connectivity index (χ0v) is 20.0. The van der Waals surface area contributed by atoms with Crippen LogP contribution in [0.1, 0.15) is 111 Å². The Labute approximate surface area is 185 Å². The topological polar surface area (TPSA) is 69.4 Å². The molecule has 0 saturated carbocycles. The molecule has 0 saturated heterocycles. The molecule has 0 amide bonds. The number of esters is 1. The highest BCUT2D eigenvalue weighted by Crippen LogP contribution is 2.24. The highest BCUT2D eigenvalue weighted by Gasteiger charge is 2.30. The molecule has 4 heteroatoms.